The lowest BCUT2D eigenvalue weighted by atomic mass is 9.82. The molecule has 0 aromatic carbocycles. The summed E-state index contributed by atoms with van der Waals surface area (Å²) in [5.74, 6) is 0.314. The smallest absolute Gasteiger partial charge is 0.267 e. The van der Waals surface area contributed by atoms with Gasteiger partial charge in [-0.15, -0.1) is 0 Å². The zero-order valence-corrected chi connectivity index (χ0v) is 10.6. The first-order valence-electron chi connectivity index (χ1n) is 5.92. The van der Waals surface area contributed by atoms with Gasteiger partial charge in [0.05, 0.1) is 11.1 Å². The molecule has 1 fully saturated rings. The molecule has 1 amide bonds. The molecule has 2 rings (SSSR count). The van der Waals surface area contributed by atoms with Gasteiger partial charge in [0.2, 0.25) is 0 Å². The normalized spacial score (nSPS) is 23.2. The summed E-state index contributed by atoms with van der Waals surface area (Å²) in [6.07, 6.45) is 3.15. The molecule has 1 aromatic rings. The Morgan fingerprint density at radius 1 is 1.65 bits per heavy atom. The number of nitrogens with one attached hydrogen (secondary N) is 1. The molecule has 0 bridgehead atoms. The van der Waals surface area contributed by atoms with Crippen molar-refractivity contribution in [2.75, 3.05) is 6.54 Å². The molecule has 0 aliphatic heterocycles. The van der Waals surface area contributed by atoms with E-state index in [1.54, 1.807) is 12.3 Å². The Balaban J connectivity index is 1.90. The van der Waals surface area contributed by atoms with Crippen molar-refractivity contribution in [3.63, 3.8) is 0 Å². The van der Waals surface area contributed by atoms with Crippen molar-refractivity contribution in [3.8, 4) is 0 Å². The second-order valence-electron chi connectivity index (χ2n) is 4.53. The minimum atomic E-state index is -0.175. The molecule has 2 N–H and O–H groups in total. The number of aliphatic hydroxyl groups is 1. The average molecular weight is 257 g/mol. The van der Waals surface area contributed by atoms with Crippen LogP contribution in [0.15, 0.2) is 12.3 Å². The molecule has 5 heteroatoms. The van der Waals surface area contributed by atoms with Crippen LogP contribution in [0.3, 0.4) is 0 Å². The lowest BCUT2D eigenvalue weighted by Gasteiger charge is -2.31. The van der Waals surface area contributed by atoms with E-state index < -0.39 is 0 Å². The Morgan fingerprint density at radius 2 is 2.35 bits per heavy atom. The fourth-order valence-electron chi connectivity index (χ4n) is 2.12. The monoisotopic (exact) mass is 256 g/mol. The number of rotatable bonds is 4. The van der Waals surface area contributed by atoms with Gasteiger partial charge >= 0.3 is 0 Å². The number of nitrogens with zero attached hydrogens (tertiary/aromatic N) is 1. The van der Waals surface area contributed by atoms with E-state index in [-0.39, 0.29) is 12.0 Å². The molecule has 17 heavy (non-hydrogen) atoms. The van der Waals surface area contributed by atoms with Crippen LogP contribution in [0.1, 0.15) is 30.3 Å². The number of hydrogen-bond acceptors (Lipinski definition) is 2. The van der Waals surface area contributed by atoms with Crippen LogP contribution in [-0.4, -0.2) is 28.2 Å². The summed E-state index contributed by atoms with van der Waals surface area (Å²) in [6.45, 7) is 3.31. The minimum absolute atomic E-state index is 0.0971. The van der Waals surface area contributed by atoms with Crippen LogP contribution in [0.2, 0.25) is 5.02 Å². The van der Waals surface area contributed by atoms with Gasteiger partial charge in [0.1, 0.15) is 5.69 Å². The maximum absolute atomic E-state index is 11.9. The number of aliphatic hydroxyl groups excluding tert-OH is 1. The molecule has 4 nitrogen and oxygen atoms in total. The van der Waals surface area contributed by atoms with E-state index in [0.717, 1.165) is 19.4 Å². The largest absolute Gasteiger partial charge is 0.393 e. The fourth-order valence-corrected chi connectivity index (χ4v) is 2.34. The first-order chi connectivity index (χ1) is 8.10. The SMILES string of the molecule is CCn1cc(Cl)cc1C(=O)NCC1CC(O)C1. The van der Waals surface area contributed by atoms with Crippen molar-refractivity contribution in [3.05, 3.63) is 23.0 Å². The summed E-state index contributed by atoms with van der Waals surface area (Å²) in [4.78, 5) is 11.9. The maximum atomic E-state index is 11.9. The third-order valence-corrected chi connectivity index (χ3v) is 3.41. The number of carbonyl (C=O) groups excluding carboxylic acids is 1. The molecule has 1 aliphatic rings. The highest BCUT2D eigenvalue weighted by atomic mass is 35.5. The summed E-state index contributed by atoms with van der Waals surface area (Å²) in [5, 5.41) is 12.6. The molecular weight excluding hydrogens is 240 g/mol. The van der Waals surface area contributed by atoms with E-state index >= 15 is 0 Å². The number of aromatic nitrogens is 1. The van der Waals surface area contributed by atoms with Crippen LogP contribution >= 0.6 is 11.6 Å². The van der Waals surface area contributed by atoms with Gasteiger partial charge < -0.3 is 15.0 Å². The molecule has 1 saturated carbocycles. The third-order valence-electron chi connectivity index (χ3n) is 3.20. The molecule has 0 spiro atoms. The van der Waals surface area contributed by atoms with Crippen LogP contribution in [0.4, 0.5) is 0 Å². The van der Waals surface area contributed by atoms with Gasteiger partial charge in [-0.25, -0.2) is 0 Å². The van der Waals surface area contributed by atoms with E-state index in [0.29, 0.717) is 23.2 Å². The Morgan fingerprint density at radius 3 is 2.94 bits per heavy atom. The Labute approximate surface area is 106 Å². The van der Waals surface area contributed by atoms with Gasteiger partial charge in [-0.1, -0.05) is 11.6 Å². The molecular formula is C12H17ClN2O2. The quantitative estimate of drug-likeness (QED) is 0.861. The molecule has 1 aliphatic carbocycles. The highest BCUT2D eigenvalue weighted by molar-refractivity contribution is 6.31. The molecule has 1 heterocycles. The van der Waals surface area contributed by atoms with E-state index in [4.69, 9.17) is 16.7 Å². The summed E-state index contributed by atoms with van der Waals surface area (Å²) < 4.78 is 1.83. The topological polar surface area (TPSA) is 54.3 Å². The van der Waals surface area contributed by atoms with Crippen molar-refractivity contribution in [1.29, 1.82) is 0 Å². The fraction of sp³-hybridized carbons (Fsp3) is 0.583. The van der Waals surface area contributed by atoms with Crippen LogP contribution in [-0.2, 0) is 6.54 Å². The van der Waals surface area contributed by atoms with Crippen LogP contribution in [0.25, 0.3) is 0 Å². The van der Waals surface area contributed by atoms with Gasteiger partial charge in [0, 0.05) is 19.3 Å². The number of hydrogen-bond donors (Lipinski definition) is 2. The summed E-state index contributed by atoms with van der Waals surface area (Å²) in [7, 11) is 0. The molecule has 0 radical (unpaired) electrons. The summed E-state index contributed by atoms with van der Waals surface area (Å²) in [6, 6.07) is 1.68. The lowest BCUT2D eigenvalue weighted by molar-refractivity contribution is 0.0419. The van der Waals surface area contributed by atoms with Crippen LogP contribution in [0, 0.1) is 5.92 Å². The van der Waals surface area contributed by atoms with Gasteiger partial charge in [0.25, 0.3) is 5.91 Å². The van der Waals surface area contributed by atoms with E-state index in [2.05, 4.69) is 5.32 Å². The van der Waals surface area contributed by atoms with Crippen LogP contribution in [0.5, 0.6) is 0 Å². The predicted molar refractivity (Wildman–Crippen MR) is 66.2 cm³/mol. The van der Waals surface area contributed by atoms with Crippen molar-refractivity contribution in [2.45, 2.75) is 32.4 Å². The van der Waals surface area contributed by atoms with Crippen LogP contribution < -0.4 is 5.32 Å². The van der Waals surface area contributed by atoms with Gasteiger partial charge in [-0.05, 0) is 31.7 Å². The van der Waals surface area contributed by atoms with Crippen molar-refractivity contribution in [1.82, 2.24) is 9.88 Å². The Hall–Kier alpha value is -1.00. The zero-order valence-electron chi connectivity index (χ0n) is 9.82. The average Bonchev–Trinajstić information content (AvgIpc) is 2.64. The number of aryl methyl sites for hydroxylation is 1. The standard InChI is InChI=1S/C12H17ClN2O2/c1-2-15-7-9(13)5-11(15)12(17)14-6-8-3-10(16)4-8/h5,7-8,10,16H,2-4,6H2,1H3,(H,14,17). The van der Waals surface area contributed by atoms with Crippen molar-refractivity contribution < 1.29 is 9.90 Å². The third kappa shape index (κ3) is 2.82. The Bertz CT molecular complexity index is 411. The highest BCUT2D eigenvalue weighted by Crippen LogP contribution is 2.26. The second-order valence-corrected chi connectivity index (χ2v) is 4.97. The minimum Gasteiger partial charge on any atom is -0.393 e. The number of halogens is 1. The van der Waals surface area contributed by atoms with Gasteiger partial charge in [0.15, 0.2) is 0 Å². The first-order valence-corrected chi connectivity index (χ1v) is 6.30. The molecule has 0 atom stereocenters. The van der Waals surface area contributed by atoms with E-state index in [1.807, 2.05) is 11.5 Å². The molecule has 94 valence electrons. The zero-order chi connectivity index (χ0) is 12.4. The first kappa shape index (κ1) is 12.5. The van der Waals surface area contributed by atoms with Crippen molar-refractivity contribution >= 4 is 17.5 Å². The number of amides is 1. The van der Waals surface area contributed by atoms with Gasteiger partial charge in [-0.2, -0.15) is 0 Å². The van der Waals surface area contributed by atoms with E-state index in [1.165, 1.54) is 0 Å². The molecule has 0 saturated heterocycles. The van der Waals surface area contributed by atoms with Crippen molar-refractivity contribution in [2.24, 2.45) is 5.92 Å². The van der Waals surface area contributed by atoms with Gasteiger partial charge in [-0.3, -0.25) is 4.79 Å². The highest BCUT2D eigenvalue weighted by Gasteiger charge is 2.27. The summed E-state index contributed by atoms with van der Waals surface area (Å²) in [5.41, 5.74) is 0.595. The lowest BCUT2D eigenvalue weighted by Crippen LogP contribution is -2.38. The molecule has 1 aromatic heterocycles. The maximum Gasteiger partial charge on any atom is 0.267 e. The van der Waals surface area contributed by atoms with E-state index in [9.17, 15) is 4.79 Å². The number of carbonyl (C=O) groups is 1. The predicted octanol–water partition coefficient (Wildman–Crippen LogP) is 1.66. The second kappa shape index (κ2) is 5.10. The molecule has 0 unspecified atom stereocenters. The Kier molecular flexibility index (Phi) is 3.74. The summed E-state index contributed by atoms with van der Waals surface area (Å²) >= 11 is 5.87.